The van der Waals surface area contributed by atoms with E-state index in [0.29, 0.717) is 35.1 Å². The molecule has 0 atom stereocenters. The third kappa shape index (κ3) is 4.35. The average Bonchev–Trinajstić information content (AvgIpc) is 2.63. The van der Waals surface area contributed by atoms with Gasteiger partial charge >= 0.3 is 0 Å². The first-order valence-electron chi connectivity index (χ1n) is 8.08. The van der Waals surface area contributed by atoms with Crippen molar-refractivity contribution in [3.05, 3.63) is 53.1 Å². The largest absolute Gasteiger partial charge is 0.495 e. The van der Waals surface area contributed by atoms with E-state index >= 15 is 0 Å². The molecule has 0 fully saturated rings. The summed E-state index contributed by atoms with van der Waals surface area (Å²) < 4.78 is 31.5. The van der Waals surface area contributed by atoms with Crippen molar-refractivity contribution in [1.29, 1.82) is 0 Å². The number of amides is 1. The van der Waals surface area contributed by atoms with E-state index in [2.05, 4.69) is 5.32 Å². The third-order valence-corrected chi connectivity index (χ3v) is 6.17. The van der Waals surface area contributed by atoms with Crippen LogP contribution in [0.25, 0.3) is 0 Å². The normalized spacial score (nSPS) is 11.4. The Kier molecular flexibility index (Phi) is 6.63. The van der Waals surface area contributed by atoms with Crippen LogP contribution in [-0.2, 0) is 10.0 Å². The number of nitrogens with one attached hydrogen (secondary N) is 1. The van der Waals surface area contributed by atoms with Gasteiger partial charge in [0.25, 0.3) is 5.91 Å². The van der Waals surface area contributed by atoms with E-state index < -0.39 is 15.9 Å². The smallest absolute Gasteiger partial charge is 0.255 e. The van der Waals surface area contributed by atoms with Gasteiger partial charge in [-0.05, 0) is 42.5 Å². The van der Waals surface area contributed by atoms with Crippen molar-refractivity contribution in [3.63, 3.8) is 0 Å². The molecular weight excluding hydrogens is 376 g/mol. The minimum absolute atomic E-state index is 0.151. The summed E-state index contributed by atoms with van der Waals surface area (Å²) in [6, 6.07) is 10.7. The fourth-order valence-corrected chi connectivity index (χ4v) is 4.09. The number of sulfonamides is 1. The second-order valence-corrected chi connectivity index (χ2v) is 7.79. The minimum atomic E-state index is -3.55. The van der Waals surface area contributed by atoms with Gasteiger partial charge in [-0.25, -0.2) is 8.42 Å². The number of ether oxygens (including phenoxy) is 1. The van der Waals surface area contributed by atoms with E-state index in [0.717, 1.165) is 0 Å². The molecule has 0 saturated heterocycles. The molecule has 0 aliphatic carbocycles. The topological polar surface area (TPSA) is 75.7 Å². The predicted molar refractivity (Wildman–Crippen MR) is 103 cm³/mol. The number of nitrogens with zero attached hydrogens (tertiary/aromatic N) is 1. The maximum atomic E-state index is 12.5. The molecule has 0 unspecified atom stereocenters. The number of halogens is 1. The molecule has 0 aromatic heterocycles. The first-order chi connectivity index (χ1) is 12.3. The van der Waals surface area contributed by atoms with Gasteiger partial charge in [-0.15, -0.1) is 0 Å². The van der Waals surface area contributed by atoms with Crippen LogP contribution in [0.1, 0.15) is 24.2 Å². The van der Waals surface area contributed by atoms with Crippen LogP contribution in [0, 0.1) is 0 Å². The molecule has 1 amide bonds. The zero-order valence-corrected chi connectivity index (χ0v) is 16.4. The molecule has 0 saturated carbocycles. The number of benzene rings is 2. The molecule has 2 aromatic carbocycles. The summed E-state index contributed by atoms with van der Waals surface area (Å²) in [5.41, 5.74) is 0.760. The summed E-state index contributed by atoms with van der Waals surface area (Å²) in [6.45, 7) is 4.33. The summed E-state index contributed by atoms with van der Waals surface area (Å²) in [6.07, 6.45) is 0. The van der Waals surface area contributed by atoms with Crippen LogP contribution in [0.2, 0.25) is 5.02 Å². The van der Waals surface area contributed by atoms with Gasteiger partial charge in [0.1, 0.15) is 5.75 Å². The molecule has 140 valence electrons. The molecule has 0 radical (unpaired) electrons. The Morgan fingerprint density at radius 2 is 1.73 bits per heavy atom. The Morgan fingerprint density at radius 1 is 1.12 bits per heavy atom. The van der Waals surface area contributed by atoms with Crippen LogP contribution in [0.3, 0.4) is 0 Å². The molecule has 0 spiro atoms. The number of hydrogen-bond acceptors (Lipinski definition) is 4. The lowest BCUT2D eigenvalue weighted by molar-refractivity contribution is 0.102. The van der Waals surface area contributed by atoms with Gasteiger partial charge in [-0.3, -0.25) is 4.79 Å². The quantitative estimate of drug-likeness (QED) is 0.775. The van der Waals surface area contributed by atoms with Crippen LogP contribution in [0.5, 0.6) is 5.75 Å². The highest BCUT2D eigenvalue weighted by atomic mass is 35.5. The monoisotopic (exact) mass is 396 g/mol. The number of carbonyl (C=O) groups is 1. The van der Waals surface area contributed by atoms with Gasteiger partial charge in [0, 0.05) is 23.7 Å². The summed E-state index contributed by atoms with van der Waals surface area (Å²) >= 11 is 5.95. The maximum absolute atomic E-state index is 12.5. The van der Waals surface area contributed by atoms with Gasteiger partial charge in [-0.2, -0.15) is 4.31 Å². The van der Waals surface area contributed by atoms with Crippen molar-refractivity contribution in [2.75, 3.05) is 25.5 Å². The molecule has 2 rings (SSSR count). The molecule has 0 aliphatic heterocycles. The molecule has 1 N–H and O–H groups in total. The Morgan fingerprint density at radius 3 is 2.27 bits per heavy atom. The van der Waals surface area contributed by atoms with E-state index in [9.17, 15) is 13.2 Å². The van der Waals surface area contributed by atoms with Crippen molar-refractivity contribution in [1.82, 2.24) is 4.31 Å². The van der Waals surface area contributed by atoms with Crippen LogP contribution >= 0.6 is 11.6 Å². The summed E-state index contributed by atoms with van der Waals surface area (Å²) in [5, 5.41) is 3.17. The van der Waals surface area contributed by atoms with E-state index in [1.54, 1.807) is 32.0 Å². The van der Waals surface area contributed by atoms with Crippen molar-refractivity contribution in [3.8, 4) is 5.75 Å². The molecular formula is C18H21ClN2O4S. The van der Waals surface area contributed by atoms with Crippen LogP contribution < -0.4 is 10.1 Å². The second-order valence-electron chi connectivity index (χ2n) is 5.41. The summed E-state index contributed by atoms with van der Waals surface area (Å²) in [5.74, 6) is 0.0841. The molecule has 0 aliphatic rings. The third-order valence-electron chi connectivity index (χ3n) is 3.87. The van der Waals surface area contributed by atoms with Gasteiger partial charge in [0.15, 0.2) is 0 Å². The average molecular weight is 397 g/mol. The van der Waals surface area contributed by atoms with Gasteiger partial charge in [0.2, 0.25) is 10.0 Å². The molecule has 26 heavy (non-hydrogen) atoms. The number of rotatable bonds is 7. The van der Waals surface area contributed by atoms with Crippen molar-refractivity contribution in [2.24, 2.45) is 0 Å². The molecule has 2 aromatic rings. The highest BCUT2D eigenvalue weighted by molar-refractivity contribution is 7.89. The van der Waals surface area contributed by atoms with Crippen LogP contribution in [0.4, 0.5) is 5.69 Å². The second kappa shape index (κ2) is 8.53. The summed E-state index contributed by atoms with van der Waals surface area (Å²) in [4.78, 5) is 12.6. The SMILES string of the molecule is CCN(CC)S(=O)(=O)c1ccc(C(=O)Nc2cc(Cl)ccc2OC)cc1. The highest BCUT2D eigenvalue weighted by Gasteiger charge is 2.21. The first kappa shape index (κ1) is 20.2. The van der Waals surface area contributed by atoms with E-state index in [4.69, 9.17) is 16.3 Å². The number of anilines is 1. The highest BCUT2D eigenvalue weighted by Crippen LogP contribution is 2.28. The maximum Gasteiger partial charge on any atom is 0.255 e. The van der Waals surface area contributed by atoms with Gasteiger partial charge in [0.05, 0.1) is 17.7 Å². The van der Waals surface area contributed by atoms with Crippen LogP contribution in [0.15, 0.2) is 47.4 Å². The first-order valence-corrected chi connectivity index (χ1v) is 9.90. The van der Waals surface area contributed by atoms with Gasteiger partial charge in [-0.1, -0.05) is 25.4 Å². The molecule has 0 bridgehead atoms. The minimum Gasteiger partial charge on any atom is -0.495 e. The summed E-state index contributed by atoms with van der Waals surface area (Å²) in [7, 11) is -2.06. The van der Waals surface area contributed by atoms with E-state index in [1.807, 2.05) is 0 Å². The Bertz CT molecular complexity index is 879. The Hall–Kier alpha value is -2.09. The zero-order valence-electron chi connectivity index (χ0n) is 14.8. The molecule has 6 nitrogen and oxygen atoms in total. The van der Waals surface area contributed by atoms with Crippen molar-refractivity contribution in [2.45, 2.75) is 18.7 Å². The van der Waals surface area contributed by atoms with Crippen molar-refractivity contribution < 1.29 is 17.9 Å². The Balaban J connectivity index is 2.23. The van der Waals surface area contributed by atoms with Crippen molar-refractivity contribution >= 4 is 33.2 Å². The van der Waals surface area contributed by atoms with Crippen LogP contribution in [-0.4, -0.2) is 38.8 Å². The lowest BCUT2D eigenvalue weighted by atomic mass is 10.2. The van der Waals surface area contributed by atoms with E-state index in [-0.39, 0.29) is 4.90 Å². The lowest BCUT2D eigenvalue weighted by Gasteiger charge is -2.18. The lowest BCUT2D eigenvalue weighted by Crippen LogP contribution is -2.30. The molecule has 0 heterocycles. The predicted octanol–water partition coefficient (Wildman–Crippen LogP) is 3.63. The zero-order chi connectivity index (χ0) is 19.3. The van der Waals surface area contributed by atoms with E-state index in [1.165, 1.54) is 35.7 Å². The number of carbonyl (C=O) groups excluding carboxylic acids is 1. The van der Waals surface area contributed by atoms with Gasteiger partial charge < -0.3 is 10.1 Å². The number of hydrogen-bond donors (Lipinski definition) is 1. The fraction of sp³-hybridized carbons (Fsp3) is 0.278. The standard InChI is InChI=1S/C18H21ClN2O4S/c1-4-21(5-2)26(23,24)15-9-6-13(7-10-15)18(22)20-16-12-14(19)8-11-17(16)25-3/h6-12H,4-5H2,1-3H3,(H,20,22). The fourth-order valence-electron chi connectivity index (χ4n) is 2.46. The number of methoxy groups -OCH3 is 1. The molecule has 8 heteroatoms. The Labute approximate surface area is 158 Å².